The largest absolute Gasteiger partial charge is 0.496 e. The molecule has 0 heterocycles. The minimum absolute atomic E-state index is 0.139. The molecule has 0 aromatic heterocycles. The van der Waals surface area contributed by atoms with Crippen molar-refractivity contribution in [3.8, 4) is 5.75 Å². The van der Waals surface area contributed by atoms with Crippen molar-refractivity contribution >= 4 is 21.6 Å². The molecule has 4 heteroatoms. The van der Waals surface area contributed by atoms with Crippen molar-refractivity contribution in [3.05, 3.63) is 28.2 Å². The lowest BCUT2D eigenvalue weighted by Gasteiger charge is -2.20. The van der Waals surface area contributed by atoms with E-state index >= 15 is 0 Å². The standard InChI is InChI=1S/C11H14BrNO2/c1-11(2,14)10(13)8-6-7(12)4-5-9(8)15-3/h4-6,13-14H,1-3H3. The average molecular weight is 272 g/mol. The van der Waals surface area contributed by atoms with Crippen LogP contribution < -0.4 is 4.74 Å². The van der Waals surface area contributed by atoms with Crippen LogP contribution in [-0.4, -0.2) is 23.5 Å². The zero-order valence-electron chi connectivity index (χ0n) is 8.97. The number of rotatable bonds is 3. The van der Waals surface area contributed by atoms with E-state index in [2.05, 4.69) is 15.9 Å². The van der Waals surface area contributed by atoms with Gasteiger partial charge in [-0.25, -0.2) is 0 Å². The Hall–Kier alpha value is -0.870. The third-order valence-corrected chi connectivity index (χ3v) is 2.54. The van der Waals surface area contributed by atoms with Crippen LogP contribution in [0.15, 0.2) is 22.7 Å². The van der Waals surface area contributed by atoms with Gasteiger partial charge in [0.2, 0.25) is 0 Å². The number of ether oxygens (including phenoxy) is 1. The first kappa shape index (κ1) is 12.2. The van der Waals surface area contributed by atoms with Crippen LogP contribution in [0.2, 0.25) is 0 Å². The molecule has 0 unspecified atom stereocenters. The number of methoxy groups -OCH3 is 1. The fraction of sp³-hybridized carbons (Fsp3) is 0.364. The summed E-state index contributed by atoms with van der Waals surface area (Å²) in [6, 6.07) is 5.36. The van der Waals surface area contributed by atoms with Gasteiger partial charge in [0.15, 0.2) is 0 Å². The number of nitrogens with one attached hydrogen (secondary N) is 1. The third-order valence-electron chi connectivity index (χ3n) is 2.04. The molecule has 1 aromatic rings. The Bertz CT molecular complexity index is 383. The molecule has 1 aromatic carbocycles. The molecule has 0 aliphatic carbocycles. The molecular formula is C11H14BrNO2. The lowest BCUT2D eigenvalue weighted by molar-refractivity contribution is 0.153. The molecule has 0 fully saturated rings. The van der Waals surface area contributed by atoms with Crippen molar-refractivity contribution in [1.29, 1.82) is 5.41 Å². The maximum absolute atomic E-state index is 9.76. The molecule has 2 N–H and O–H groups in total. The van der Waals surface area contributed by atoms with E-state index in [0.29, 0.717) is 11.3 Å². The molecule has 0 saturated heterocycles. The molecular weight excluding hydrogens is 258 g/mol. The summed E-state index contributed by atoms with van der Waals surface area (Å²) >= 11 is 3.33. The van der Waals surface area contributed by atoms with Gasteiger partial charge in [-0.1, -0.05) is 15.9 Å². The molecule has 0 radical (unpaired) electrons. The van der Waals surface area contributed by atoms with Crippen LogP contribution in [0.1, 0.15) is 19.4 Å². The van der Waals surface area contributed by atoms with Gasteiger partial charge in [0.1, 0.15) is 11.4 Å². The molecule has 1 rings (SSSR count). The van der Waals surface area contributed by atoms with Crippen LogP contribution in [0.3, 0.4) is 0 Å². The second kappa shape index (κ2) is 4.33. The second-order valence-electron chi connectivity index (χ2n) is 3.78. The van der Waals surface area contributed by atoms with Crippen molar-refractivity contribution in [3.63, 3.8) is 0 Å². The van der Waals surface area contributed by atoms with E-state index in [1.165, 1.54) is 0 Å². The molecule has 82 valence electrons. The van der Waals surface area contributed by atoms with Crippen molar-refractivity contribution in [1.82, 2.24) is 0 Å². The first-order chi connectivity index (χ1) is 6.86. The zero-order valence-corrected chi connectivity index (χ0v) is 10.6. The number of hydrogen-bond donors (Lipinski definition) is 2. The fourth-order valence-corrected chi connectivity index (χ4v) is 1.57. The fourth-order valence-electron chi connectivity index (χ4n) is 1.21. The summed E-state index contributed by atoms with van der Waals surface area (Å²) in [6.07, 6.45) is 0. The van der Waals surface area contributed by atoms with Gasteiger partial charge in [0, 0.05) is 10.0 Å². The highest BCUT2D eigenvalue weighted by Gasteiger charge is 2.23. The van der Waals surface area contributed by atoms with Gasteiger partial charge in [-0.15, -0.1) is 0 Å². The van der Waals surface area contributed by atoms with Crippen LogP contribution >= 0.6 is 15.9 Å². The summed E-state index contributed by atoms with van der Waals surface area (Å²) in [5.41, 5.74) is -0.436. The molecule has 0 aliphatic rings. The smallest absolute Gasteiger partial charge is 0.128 e. The van der Waals surface area contributed by atoms with Crippen LogP contribution in [0.4, 0.5) is 0 Å². The van der Waals surface area contributed by atoms with Crippen LogP contribution in [-0.2, 0) is 0 Å². The first-order valence-electron chi connectivity index (χ1n) is 4.51. The van der Waals surface area contributed by atoms with E-state index in [1.54, 1.807) is 33.1 Å². The summed E-state index contributed by atoms with van der Waals surface area (Å²) in [7, 11) is 1.55. The van der Waals surface area contributed by atoms with Gasteiger partial charge in [-0.05, 0) is 32.0 Å². The Labute approximate surface area is 97.7 Å². The SMILES string of the molecule is COc1ccc(Br)cc1C(=N)C(C)(C)O. The molecule has 0 saturated carbocycles. The molecule has 0 spiro atoms. The third kappa shape index (κ3) is 2.79. The number of halogens is 1. The number of aliphatic hydroxyl groups is 1. The van der Waals surface area contributed by atoms with Gasteiger partial charge in [-0.3, -0.25) is 0 Å². The monoisotopic (exact) mass is 271 g/mol. The maximum Gasteiger partial charge on any atom is 0.128 e. The predicted molar refractivity (Wildman–Crippen MR) is 63.8 cm³/mol. The average Bonchev–Trinajstić information content (AvgIpc) is 2.15. The number of hydrogen-bond acceptors (Lipinski definition) is 3. The lowest BCUT2D eigenvalue weighted by Crippen LogP contribution is -2.31. The van der Waals surface area contributed by atoms with Gasteiger partial charge < -0.3 is 15.3 Å². The summed E-state index contributed by atoms with van der Waals surface area (Å²) in [5, 5.41) is 17.6. The maximum atomic E-state index is 9.76. The van der Waals surface area contributed by atoms with E-state index in [-0.39, 0.29) is 5.71 Å². The van der Waals surface area contributed by atoms with Crippen molar-refractivity contribution in [2.24, 2.45) is 0 Å². The summed E-state index contributed by atoms with van der Waals surface area (Å²) in [6.45, 7) is 3.16. The van der Waals surface area contributed by atoms with E-state index in [1.807, 2.05) is 6.07 Å². The Morgan fingerprint density at radius 2 is 2.07 bits per heavy atom. The van der Waals surface area contributed by atoms with Gasteiger partial charge in [-0.2, -0.15) is 0 Å². The quantitative estimate of drug-likeness (QED) is 0.831. The van der Waals surface area contributed by atoms with Crippen molar-refractivity contribution < 1.29 is 9.84 Å². The van der Waals surface area contributed by atoms with Crippen molar-refractivity contribution in [2.45, 2.75) is 19.4 Å². The topological polar surface area (TPSA) is 53.3 Å². The molecule has 0 aliphatic heterocycles. The Balaban J connectivity index is 3.23. The van der Waals surface area contributed by atoms with Crippen molar-refractivity contribution in [2.75, 3.05) is 7.11 Å². The molecule has 0 atom stereocenters. The lowest BCUT2D eigenvalue weighted by atomic mass is 9.95. The summed E-state index contributed by atoms with van der Waals surface area (Å²) < 4.78 is 6.00. The van der Waals surface area contributed by atoms with E-state index in [4.69, 9.17) is 10.1 Å². The molecule has 15 heavy (non-hydrogen) atoms. The Morgan fingerprint density at radius 3 is 2.53 bits per heavy atom. The normalized spacial score (nSPS) is 11.3. The highest BCUT2D eigenvalue weighted by atomic mass is 79.9. The highest BCUT2D eigenvalue weighted by molar-refractivity contribution is 9.10. The van der Waals surface area contributed by atoms with E-state index < -0.39 is 5.60 Å². The summed E-state index contributed by atoms with van der Waals surface area (Å²) in [5.74, 6) is 0.588. The molecule has 0 bridgehead atoms. The predicted octanol–water partition coefficient (Wildman–Crippen LogP) is 2.60. The highest BCUT2D eigenvalue weighted by Crippen LogP contribution is 2.26. The molecule has 3 nitrogen and oxygen atoms in total. The molecule has 0 amide bonds. The Morgan fingerprint density at radius 1 is 1.47 bits per heavy atom. The van der Waals surface area contributed by atoms with E-state index in [0.717, 1.165) is 4.47 Å². The number of benzene rings is 1. The minimum atomic E-state index is -1.17. The van der Waals surface area contributed by atoms with Gasteiger partial charge in [0.05, 0.1) is 12.8 Å². The van der Waals surface area contributed by atoms with Crippen LogP contribution in [0, 0.1) is 5.41 Å². The second-order valence-corrected chi connectivity index (χ2v) is 4.69. The van der Waals surface area contributed by atoms with E-state index in [9.17, 15) is 5.11 Å². The van der Waals surface area contributed by atoms with Gasteiger partial charge in [0.25, 0.3) is 0 Å². The van der Waals surface area contributed by atoms with Crippen LogP contribution in [0.5, 0.6) is 5.75 Å². The van der Waals surface area contributed by atoms with Crippen LogP contribution in [0.25, 0.3) is 0 Å². The summed E-state index contributed by atoms with van der Waals surface area (Å²) in [4.78, 5) is 0. The Kier molecular flexibility index (Phi) is 3.52. The first-order valence-corrected chi connectivity index (χ1v) is 5.31. The van der Waals surface area contributed by atoms with Gasteiger partial charge >= 0.3 is 0 Å². The minimum Gasteiger partial charge on any atom is -0.496 e. The zero-order chi connectivity index (χ0) is 11.6.